The normalized spacial score (nSPS) is 17.4. The molecule has 4 rings (SSSR count). The van der Waals surface area contributed by atoms with Gasteiger partial charge in [0.05, 0.1) is 24.6 Å². The number of nitrogens with zero attached hydrogens (tertiary/aromatic N) is 5. The van der Waals surface area contributed by atoms with Crippen LogP contribution in [0.25, 0.3) is 5.82 Å². The monoisotopic (exact) mass is 541 g/mol. The molecule has 1 fully saturated rings. The smallest absolute Gasteiger partial charge is 0.268 e. The molecule has 1 unspecified atom stereocenters. The van der Waals surface area contributed by atoms with E-state index in [0.717, 1.165) is 6.42 Å². The van der Waals surface area contributed by atoms with Crippen LogP contribution in [-0.2, 0) is 10.0 Å². The third-order valence-electron chi connectivity index (χ3n) is 6.83. The summed E-state index contributed by atoms with van der Waals surface area (Å²) < 4.78 is 35.5. The fraction of sp³-hybridized carbons (Fsp3) is 0.462. The van der Waals surface area contributed by atoms with Crippen LogP contribution in [0.1, 0.15) is 58.3 Å². The molecule has 0 aliphatic carbocycles. The summed E-state index contributed by atoms with van der Waals surface area (Å²) in [5.74, 6) is 0.755. The number of aromatic nitrogens is 4. The van der Waals surface area contributed by atoms with Crippen LogP contribution in [0.2, 0.25) is 0 Å². The van der Waals surface area contributed by atoms with Crippen molar-refractivity contribution in [1.82, 2.24) is 24.5 Å². The lowest BCUT2D eigenvalue weighted by Gasteiger charge is -2.36. The maximum absolute atomic E-state index is 13.4. The zero-order valence-electron chi connectivity index (χ0n) is 22.6. The molecule has 0 bridgehead atoms. The second kappa shape index (κ2) is 9.90. The lowest BCUT2D eigenvalue weighted by atomic mass is 9.90. The Hall–Kier alpha value is -3.67. The summed E-state index contributed by atoms with van der Waals surface area (Å²) in [7, 11) is -4.26. The number of ether oxygens (including phenoxy) is 1. The van der Waals surface area contributed by atoms with Gasteiger partial charge >= 0.3 is 0 Å². The van der Waals surface area contributed by atoms with E-state index in [2.05, 4.69) is 56.3 Å². The number of carbonyl (C=O) groups excluding carboxylic acids is 1. The van der Waals surface area contributed by atoms with Gasteiger partial charge in [0, 0.05) is 18.3 Å². The molecule has 3 N–H and O–H groups in total. The molecule has 4 heterocycles. The summed E-state index contributed by atoms with van der Waals surface area (Å²) in [5.41, 5.74) is 5.54. The zero-order chi connectivity index (χ0) is 27.9. The molecule has 0 spiro atoms. The Balaban J connectivity index is 1.71. The first kappa shape index (κ1) is 27.4. The molecule has 38 heavy (non-hydrogen) atoms. The number of hydrogen-bond acceptors (Lipinski definition) is 9. The Labute approximate surface area is 223 Å². The SMILES string of the molecule is CC1CCN(c2nc(-n3cc(OCC(C)(C)C)cn3)ccc2C(=O)NS(=O)(=O)c2cccnc2N)C1(C)C. The summed E-state index contributed by atoms with van der Waals surface area (Å²) in [6.07, 6.45) is 5.62. The molecule has 11 nitrogen and oxygen atoms in total. The summed E-state index contributed by atoms with van der Waals surface area (Å²) in [6, 6.07) is 5.92. The van der Waals surface area contributed by atoms with Crippen LogP contribution >= 0.6 is 0 Å². The van der Waals surface area contributed by atoms with E-state index in [4.69, 9.17) is 15.5 Å². The average Bonchev–Trinajstić information content (AvgIpc) is 3.41. The summed E-state index contributed by atoms with van der Waals surface area (Å²) in [6.45, 7) is 13.7. The van der Waals surface area contributed by atoms with Crippen LogP contribution in [0.4, 0.5) is 11.6 Å². The first-order chi connectivity index (χ1) is 17.7. The highest BCUT2D eigenvalue weighted by molar-refractivity contribution is 7.90. The summed E-state index contributed by atoms with van der Waals surface area (Å²) in [4.78, 5) is 23.8. The molecule has 1 aliphatic rings. The fourth-order valence-electron chi connectivity index (χ4n) is 4.23. The molecule has 1 saturated heterocycles. The number of sulfonamides is 1. The fourth-order valence-corrected chi connectivity index (χ4v) is 5.28. The van der Waals surface area contributed by atoms with Gasteiger partial charge in [-0.2, -0.15) is 5.10 Å². The minimum Gasteiger partial charge on any atom is -0.490 e. The Morgan fingerprint density at radius 3 is 2.63 bits per heavy atom. The Morgan fingerprint density at radius 2 is 2.00 bits per heavy atom. The van der Waals surface area contributed by atoms with Gasteiger partial charge in [0.2, 0.25) is 0 Å². The highest BCUT2D eigenvalue weighted by atomic mass is 32.2. The van der Waals surface area contributed by atoms with Gasteiger partial charge in [0.1, 0.15) is 16.5 Å². The Kier molecular flexibility index (Phi) is 7.13. The number of amides is 1. The van der Waals surface area contributed by atoms with Crippen molar-refractivity contribution in [3.63, 3.8) is 0 Å². The second-order valence-corrected chi connectivity index (χ2v) is 13.0. The largest absolute Gasteiger partial charge is 0.490 e. The van der Waals surface area contributed by atoms with Gasteiger partial charge in [-0.3, -0.25) is 4.79 Å². The molecular formula is C26H35N7O4S. The zero-order valence-corrected chi connectivity index (χ0v) is 23.4. The molecular weight excluding hydrogens is 506 g/mol. The number of nitrogens with one attached hydrogen (secondary N) is 1. The van der Waals surface area contributed by atoms with Crippen molar-refractivity contribution >= 4 is 27.6 Å². The molecule has 1 aliphatic heterocycles. The van der Waals surface area contributed by atoms with Crippen molar-refractivity contribution in [3.05, 3.63) is 48.4 Å². The minimum atomic E-state index is -4.26. The second-order valence-electron chi connectivity index (χ2n) is 11.3. The maximum atomic E-state index is 13.4. The predicted octanol–water partition coefficient (Wildman–Crippen LogP) is 3.41. The topological polar surface area (TPSA) is 145 Å². The Morgan fingerprint density at radius 1 is 1.26 bits per heavy atom. The van der Waals surface area contributed by atoms with Crippen LogP contribution < -0.4 is 20.1 Å². The van der Waals surface area contributed by atoms with E-state index in [1.807, 2.05) is 4.90 Å². The molecule has 12 heteroatoms. The van der Waals surface area contributed by atoms with E-state index in [1.54, 1.807) is 29.2 Å². The van der Waals surface area contributed by atoms with Gasteiger partial charge in [-0.25, -0.2) is 27.8 Å². The van der Waals surface area contributed by atoms with E-state index in [-0.39, 0.29) is 27.2 Å². The van der Waals surface area contributed by atoms with Crippen LogP contribution in [0.15, 0.2) is 47.8 Å². The van der Waals surface area contributed by atoms with E-state index >= 15 is 0 Å². The predicted molar refractivity (Wildman–Crippen MR) is 145 cm³/mol. The summed E-state index contributed by atoms with van der Waals surface area (Å²) >= 11 is 0. The van der Waals surface area contributed by atoms with Crippen molar-refractivity contribution in [2.24, 2.45) is 11.3 Å². The first-order valence-electron chi connectivity index (χ1n) is 12.4. The molecule has 1 amide bonds. The van der Waals surface area contributed by atoms with Crippen molar-refractivity contribution in [3.8, 4) is 11.6 Å². The van der Waals surface area contributed by atoms with E-state index in [1.165, 1.54) is 18.3 Å². The quantitative estimate of drug-likeness (QED) is 0.459. The van der Waals surface area contributed by atoms with Crippen molar-refractivity contribution in [2.75, 3.05) is 23.8 Å². The van der Waals surface area contributed by atoms with Crippen LogP contribution in [0.3, 0.4) is 0 Å². The number of hydrogen-bond donors (Lipinski definition) is 2. The van der Waals surface area contributed by atoms with E-state index in [9.17, 15) is 13.2 Å². The van der Waals surface area contributed by atoms with Gasteiger partial charge in [0.15, 0.2) is 11.6 Å². The van der Waals surface area contributed by atoms with Gasteiger partial charge < -0.3 is 15.4 Å². The molecule has 0 aromatic carbocycles. The molecule has 0 radical (unpaired) electrons. The lowest BCUT2D eigenvalue weighted by Crippen LogP contribution is -2.44. The first-order valence-corrected chi connectivity index (χ1v) is 13.9. The molecule has 1 atom stereocenters. The molecule has 204 valence electrons. The standard InChI is InChI=1S/C26H35N7O4S/c1-17-11-13-32(26(17,5)6)23-19(24(34)31-38(35,36)20-8-7-12-28-22(20)27)9-10-21(30-23)33-15-18(14-29-33)37-16-25(2,3)4/h7-10,12,14-15,17H,11,13,16H2,1-6H3,(H2,27,28)(H,31,34). The number of nitrogen functional groups attached to an aromatic ring is 1. The van der Waals surface area contributed by atoms with Crippen molar-refractivity contribution < 1.29 is 17.9 Å². The minimum absolute atomic E-state index is 0.0125. The number of pyridine rings is 2. The maximum Gasteiger partial charge on any atom is 0.268 e. The molecule has 3 aromatic heterocycles. The Bertz CT molecular complexity index is 1440. The van der Waals surface area contributed by atoms with Crippen molar-refractivity contribution in [2.45, 2.75) is 58.4 Å². The van der Waals surface area contributed by atoms with Gasteiger partial charge in [-0.15, -0.1) is 0 Å². The third-order valence-corrected chi connectivity index (χ3v) is 8.21. The van der Waals surface area contributed by atoms with E-state index in [0.29, 0.717) is 36.5 Å². The average molecular weight is 542 g/mol. The van der Waals surface area contributed by atoms with Crippen molar-refractivity contribution in [1.29, 1.82) is 0 Å². The number of anilines is 2. The van der Waals surface area contributed by atoms with Gasteiger partial charge in [0.25, 0.3) is 15.9 Å². The van der Waals surface area contributed by atoms with Gasteiger partial charge in [-0.1, -0.05) is 27.7 Å². The highest BCUT2D eigenvalue weighted by Gasteiger charge is 2.41. The van der Waals surface area contributed by atoms with Crippen LogP contribution in [-0.4, -0.2) is 52.8 Å². The highest BCUT2D eigenvalue weighted by Crippen LogP contribution is 2.39. The molecule has 3 aromatic rings. The summed E-state index contributed by atoms with van der Waals surface area (Å²) in [5, 5.41) is 4.38. The third kappa shape index (κ3) is 5.59. The van der Waals surface area contributed by atoms with Gasteiger partial charge in [-0.05, 0) is 55.9 Å². The number of carbonyl (C=O) groups is 1. The van der Waals surface area contributed by atoms with Crippen LogP contribution in [0.5, 0.6) is 5.75 Å². The lowest BCUT2D eigenvalue weighted by molar-refractivity contribution is 0.0981. The van der Waals surface area contributed by atoms with E-state index < -0.39 is 15.9 Å². The van der Waals surface area contributed by atoms with Crippen LogP contribution in [0, 0.1) is 11.3 Å². The molecule has 0 saturated carbocycles. The number of nitrogens with two attached hydrogens (primary N) is 1. The number of rotatable bonds is 7.